The normalized spacial score (nSPS) is 26.4. The molecule has 0 aromatic heterocycles. The van der Waals surface area contributed by atoms with Gasteiger partial charge in [0.1, 0.15) is 0 Å². The van der Waals surface area contributed by atoms with Crippen LogP contribution in [0.3, 0.4) is 0 Å². The van der Waals surface area contributed by atoms with E-state index in [2.05, 4.69) is 4.90 Å². The van der Waals surface area contributed by atoms with Crippen LogP contribution in [0.1, 0.15) is 57.8 Å². The van der Waals surface area contributed by atoms with Gasteiger partial charge in [-0.15, -0.1) is 0 Å². The minimum atomic E-state index is -0.0951. The average Bonchev–Trinajstić information content (AvgIpc) is 2.29. The lowest BCUT2D eigenvalue weighted by Gasteiger charge is -2.37. The molecule has 1 amide bonds. The molecule has 17 heavy (non-hydrogen) atoms. The lowest BCUT2D eigenvalue weighted by molar-refractivity contribution is -0.123. The smallest absolute Gasteiger partial charge is 0.220 e. The Morgan fingerprint density at radius 1 is 0.882 bits per heavy atom. The number of amides is 1. The second kappa shape index (κ2) is 6.39. The molecule has 0 aromatic rings. The first kappa shape index (κ1) is 12.9. The molecule has 1 saturated heterocycles. The highest BCUT2D eigenvalue weighted by molar-refractivity contribution is 5.76. The van der Waals surface area contributed by atoms with Gasteiger partial charge in [-0.05, 0) is 38.8 Å². The third-order valence-electron chi connectivity index (χ3n) is 4.52. The number of carbonyl (C=O) groups is 1. The van der Waals surface area contributed by atoms with E-state index in [1.807, 2.05) is 0 Å². The summed E-state index contributed by atoms with van der Waals surface area (Å²) in [4.78, 5) is 13.8. The van der Waals surface area contributed by atoms with Gasteiger partial charge in [0.25, 0.3) is 0 Å². The Labute approximate surface area is 105 Å². The SMILES string of the molecule is NC(=O)C1CCN(C2CCCCCCC2)CC1. The van der Waals surface area contributed by atoms with Crippen LogP contribution in [-0.4, -0.2) is 29.9 Å². The molecule has 0 atom stereocenters. The predicted molar refractivity (Wildman–Crippen MR) is 69.6 cm³/mol. The number of likely N-dealkylation sites (tertiary alicyclic amines) is 1. The van der Waals surface area contributed by atoms with Crippen LogP contribution in [-0.2, 0) is 4.79 Å². The van der Waals surface area contributed by atoms with Crippen molar-refractivity contribution in [3.05, 3.63) is 0 Å². The zero-order chi connectivity index (χ0) is 12.1. The zero-order valence-electron chi connectivity index (χ0n) is 10.9. The van der Waals surface area contributed by atoms with E-state index < -0.39 is 0 Å². The molecule has 2 rings (SSSR count). The number of hydrogen-bond donors (Lipinski definition) is 1. The topological polar surface area (TPSA) is 46.3 Å². The van der Waals surface area contributed by atoms with Crippen LogP contribution in [0.25, 0.3) is 0 Å². The highest BCUT2D eigenvalue weighted by Crippen LogP contribution is 2.25. The van der Waals surface area contributed by atoms with Gasteiger partial charge >= 0.3 is 0 Å². The Morgan fingerprint density at radius 2 is 1.41 bits per heavy atom. The molecule has 2 aliphatic rings. The van der Waals surface area contributed by atoms with Crippen molar-refractivity contribution in [2.24, 2.45) is 11.7 Å². The molecule has 1 saturated carbocycles. The Bertz CT molecular complexity index is 239. The summed E-state index contributed by atoms with van der Waals surface area (Å²) in [6, 6.07) is 0.782. The van der Waals surface area contributed by atoms with E-state index in [1.54, 1.807) is 0 Å². The maximum Gasteiger partial charge on any atom is 0.220 e. The molecular weight excluding hydrogens is 212 g/mol. The molecular formula is C14H26N2O. The number of primary amides is 1. The molecule has 3 nitrogen and oxygen atoms in total. The van der Waals surface area contributed by atoms with E-state index >= 15 is 0 Å². The Morgan fingerprint density at radius 3 is 1.94 bits per heavy atom. The minimum absolute atomic E-state index is 0.0951. The Hall–Kier alpha value is -0.570. The summed E-state index contributed by atoms with van der Waals surface area (Å²) < 4.78 is 0. The van der Waals surface area contributed by atoms with Gasteiger partial charge in [-0.2, -0.15) is 0 Å². The highest BCUT2D eigenvalue weighted by atomic mass is 16.1. The van der Waals surface area contributed by atoms with Crippen molar-refractivity contribution >= 4 is 5.91 Å². The van der Waals surface area contributed by atoms with Gasteiger partial charge in [0.15, 0.2) is 0 Å². The molecule has 2 N–H and O–H groups in total. The van der Waals surface area contributed by atoms with Crippen molar-refractivity contribution in [3.63, 3.8) is 0 Å². The molecule has 0 aromatic carbocycles. The monoisotopic (exact) mass is 238 g/mol. The summed E-state index contributed by atoms with van der Waals surface area (Å²) >= 11 is 0. The Kier molecular flexibility index (Phi) is 4.84. The van der Waals surface area contributed by atoms with Gasteiger partial charge in [-0.25, -0.2) is 0 Å². The first-order valence-electron chi connectivity index (χ1n) is 7.31. The van der Waals surface area contributed by atoms with Crippen molar-refractivity contribution in [2.75, 3.05) is 13.1 Å². The van der Waals surface area contributed by atoms with Crippen LogP contribution in [0.4, 0.5) is 0 Å². The minimum Gasteiger partial charge on any atom is -0.369 e. The molecule has 0 radical (unpaired) electrons. The lowest BCUT2D eigenvalue weighted by Crippen LogP contribution is -2.44. The molecule has 1 aliphatic heterocycles. The van der Waals surface area contributed by atoms with Gasteiger partial charge in [0.2, 0.25) is 5.91 Å². The van der Waals surface area contributed by atoms with Crippen LogP contribution >= 0.6 is 0 Å². The second-order valence-corrected chi connectivity index (χ2v) is 5.71. The van der Waals surface area contributed by atoms with E-state index in [0.717, 1.165) is 32.0 Å². The first-order valence-corrected chi connectivity index (χ1v) is 7.31. The van der Waals surface area contributed by atoms with E-state index in [9.17, 15) is 4.79 Å². The van der Waals surface area contributed by atoms with Crippen molar-refractivity contribution in [3.8, 4) is 0 Å². The zero-order valence-corrected chi connectivity index (χ0v) is 10.9. The third-order valence-corrected chi connectivity index (χ3v) is 4.52. The van der Waals surface area contributed by atoms with Crippen molar-refractivity contribution in [1.82, 2.24) is 4.90 Å². The molecule has 0 unspecified atom stereocenters. The largest absolute Gasteiger partial charge is 0.369 e. The van der Waals surface area contributed by atoms with E-state index in [-0.39, 0.29) is 11.8 Å². The number of piperidine rings is 1. The van der Waals surface area contributed by atoms with Crippen molar-refractivity contribution < 1.29 is 4.79 Å². The fraction of sp³-hybridized carbons (Fsp3) is 0.929. The van der Waals surface area contributed by atoms with Crippen LogP contribution in [0.5, 0.6) is 0 Å². The summed E-state index contributed by atoms with van der Waals surface area (Å²) in [5.41, 5.74) is 5.38. The number of nitrogens with two attached hydrogens (primary N) is 1. The highest BCUT2D eigenvalue weighted by Gasteiger charge is 2.27. The summed E-state index contributed by atoms with van der Waals surface area (Å²) in [7, 11) is 0. The number of nitrogens with zero attached hydrogens (tertiary/aromatic N) is 1. The van der Waals surface area contributed by atoms with E-state index in [0.29, 0.717) is 0 Å². The Balaban J connectivity index is 1.80. The average molecular weight is 238 g/mol. The fourth-order valence-electron chi connectivity index (χ4n) is 3.35. The van der Waals surface area contributed by atoms with Crippen LogP contribution in [0.2, 0.25) is 0 Å². The number of hydrogen-bond acceptors (Lipinski definition) is 2. The first-order chi connectivity index (χ1) is 8.27. The summed E-state index contributed by atoms with van der Waals surface area (Å²) in [5.74, 6) is 0.0436. The molecule has 0 bridgehead atoms. The van der Waals surface area contributed by atoms with Gasteiger partial charge in [0, 0.05) is 12.0 Å². The summed E-state index contributed by atoms with van der Waals surface area (Å²) in [6.45, 7) is 2.16. The maximum absolute atomic E-state index is 11.1. The molecule has 1 heterocycles. The summed E-state index contributed by atoms with van der Waals surface area (Å²) in [6.07, 6.45) is 11.7. The quantitative estimate of drug-likeness (QED) is 0.802. The van der Waals surface area contributed by atoms with Crippen LogP contribution in [0, 0.1) is 5.92 Å². The molecule has 2 fully saturated rings. The fourth-order valence-corrected chi connectivity index (χ4v) is 3.35. The van der Waals surface area contributed by atoms with Gasteiger partial charge in [-0.1, -0.05) is 32.1 Å². The predicted octanol–water partition coefficient (Wildman–Crippen LogP) is 2.30. The van der Waals surface area contributed by atoms with Crippen LogP contribution in [0.15, 0.2) is 0 Å². The molecule has 3 heteroatoms. The van der Waals surface area contributed by atoms with Crippen LogP contribution < -0.4 is 5.73 Å². The third kappa shape index (κ3) is 3.70. The van der Waals surface area contributed by atoms with Gasteiger partial charge in [-0.3, -0.25) is 4.79 Å². The number of carbonyl (C=O) groups excluding carboxylic acids is 1. The van der Waals surface area contributed by atoms with Crippen molar-refractivity contribution in [2.45, 2.75) is 63.8 Å². The lowest BCUT2D eigenvalue weighted by atomic mass is 9.91. The van der Waals surface area contributed by atoms with Gasteiger partial charge < -0.3 is 10.6 Å². The maximum atomic E-state index is 11.1. The van der Waals surface area contributed by atoms with Gasteiger partial charge in [0.05, 0.1) is 0 Å². The standard InChI is InChI=1S/C14H26N2O/c15-14(17)12-8-10-16(11-9-12)13-6-4-2-1-3-5-7-13/h12-13H,1-11H2,(H2,15,17). The molecule has 0 spiro atoms. The second-order valence-electron chi connectivity index (χ2n) is 5.71. The number of rotatable bonds is 2. The van der Waals surface area contributed by atoms with E-state index in [4.69, 9.17) is 5.73 Å². The van der Waals surface area contributed by atoms with E-state index in [1.165, 1.54) is 44.9 Å². The molecule has 98 valence electrons. The van der Waals surface area contributed by atoms with Crippen molar-refractivity contribution in [1.29, 1.82) is 0 Å². The summed E-state index contributed by atoms with van der Waals surface area (Å²) in [5, 5.41) is 0. The molecule has 1 aliphatic carbocycles.